The third-order valence-corrected chi connectivity index (χ3v) is 7.59. The van der Waals surface area contributed by atoms with Gasteiger partial charge in [-0.2, -0.15) is 0 Å². The number of piperidine rings is 1. The van der Waals surface area contributed by atoms with Crippen LogP contribution in [-0.4, -0.2) is 72.2 Å². The first kappa shape index (κ1) is 21.1. The number of hydrogen-bond acceptors (Lipinski definition) is 5. The molecule has 0 radical (unpaired) electrons. The maximum Gasteiger partial charge on any atom is 0.263 e. The zero-order valence-electron chi connectivity index (χ0n) is 18.6. The van der Waals surface area contributed by atoms with Crippen LogP contribution in [0.2, 0.25) is 5.02 Å². The summed E-state index contributed by atoms with van der Waals surface area (Å²) in [5, 5.41) is 0.666. The number of amides is 1. The van der Waals surface area contributed by atoms with Crippen LogP contribution >= 0.6 is 11.6 Å². The highest BCUT2D eigenvalue weighted by Gasteiger charge is 2.37. The highest BCUT2D eigenvalue weighted by Crippen LogP contribution is 2.43. The number of carbonyl (C=O) groups is 1. The van der Waals surface area contributed by atoms with Gasteiger partial charge in [0.25, 0.3) is 5.91 Å². The molecule has 1 aliphatic carbocycles. The van der Waals surface area contributed by atoms with Gasteiger partial charge in [0.2, 0.25) is 0 Å². The van der Waals surface area contributed by atoms with E-state index in [-0.39, 0.29) is 5.91 Å². The van der Waals surface area contributed by atoms with Crippen LogP contribution in [0.3, 0.4) is 0 Å². The number of halogens is 1. The van der Waals surface area contributed by atoms with E-state index in [0.717, 1.165) is 92.4 Å². The Hall–Kier alpha value is -2.41. The number of aromatic nitrogens is 1. The van der Waals surface area contributed by atoms with Crippen LogP contribution in [0.25, 0.3) is 17.2 Å². The number of ether oxygens (including phenoxy) is 2. The van der Waals surface area contributed by atoms with Crippen molar-refractivity contribution in [3.05, 3.63) is 52.3 Å². The summed E-state index contributed by atoms with van der Waals surface area (Å²) in [5.41, 5.74) is 5.20. The molecular weight excluding hydrogens is 438 g/mol. The van der Waals surface area contributed by atoms with Gasteiger partial charge < -0.3 is 14.4 Å². The van der Waals surface area contributed by atoms with Crippen molar-refractivity contribution < 1.29 is 14.3 Å². The van der Waals surface area contributed by atoms with Crippen LogP contribution in [0.4, 0.5) is 0 Å². The number of likely N-dealkylation sites (tertiary alicyclic amines) is 1. The molecule has 1 atom stereocenters. The predicted molar refractivity (Wildman–Crippen MR) is 128 cm³/mol. The Bertz CT molecular complexity index is 1100. The normalized spacial score (nSPS) is 22.8. The summed E-state index contributed by atoms with van der Waals surface area (Å²) in [7, 11) is 0. The second-order valence-corrected chi connectivity index (χ2v) is 9.72. The number of hydrogen-bond donors (Lipinski definition) is 0. The average Bonchev–Trinajstić information content (AvgIpc) is 3.51. The molecule has 7 heteroatoms. The van der Waals surface area contributed by atoms with E-state index in [1.807, 2.05) is 29.3 Å². The number of fused-ring (bicyclic) bond motifs is 2. The summed E-state index contributed by atoms with van der Waals surface area (Å²) < 4.78 is 11.8. The van der Waals surface area contributed by atoms with E-state index >= 15 is 0 Å². The minimum atomic E-state index is -0.484. The summed E-state index contributed by atoms with van der Waals surface area (Å²) in [6.45, 7) is 5.19. The van der Waals surface area contributed by atoms with Crippen LogP contribution in [0, 0.1) is 0 Å². The fourth-order valence-corrected chi connectivity index (χ4v) is 5.89. The smallest absolute Gasteiger partial charge is 0.263 e. The Morgan fingerprint density at radius 2 is 1.91 bits per heavy atom. The molecule has 6 rings (SSSR count). The Labute approximate surface area is 199 Å². The highest BCUT2D eigenvalue weighted by molar-refractivity contribution is 6.31. The fraction of sp³-hybridized carbons (Fsp3) is 0.462. The van der Waals surface area contributed by atoms with Gasteiger partial charge in [0.05, 0.1) is 18.9 Å². The van der Waals surface area contributed by atoms with Crippen LogP contribution in [0.15, 0.2) is 30.5 Å². The quantitative estimate of drug-likeness (QED) is 0.693. The molecule has 0 saturated carbocycles. The van der Waals surface area contributed by atoms with E-state index < -0.39 is 6.10 Å². The topological polar surface area (TPSA) is 54.9 Å². The minimum Gasteiger partial charge on any atom is -0.479 e. The second-order valence-electron chi connectivity index (χ2n) is 9.28. The maximum absolute atomic E-state index is 13.4. The lowest BCUT2D eigenvalue weighted by Crippen LogP contribution is -2.52. The number of morpholine rings is 1. The zero-order valence-corrected chi connectivity index (χ0v) is 19.4. The standard InChI is InChI=1S/C26H28ClN3O3/c27-18-14-17-15-24(26(31)30-8-5-19(6-9-30)29-10-12-32-13-11-29)33-25(17)22(16-18)20-4-7-28-23-3-1-2-21(20)23/h1-2,4,7,14,16,19,24H,3,5-6,8-13,15H2. The number of pyridine rings is 1. The molecule has 172 valence electrons. The third-order valence-electron chi connectivity index (χ3n) is 7.37. The molecule has 2 saturated heterocycles. The lowest BCUT2D eigenvalue weighted by Gasteiger charge is -2.40. The fourth-order valence-electron chi connectivity index (χ4n) is 5.65. The van der Waals surface area contributed by atoms with E-state index in [1.165, 1.54) is 0 Å². The Morgan fingerprint density at radius 3 is 2.73 bits per heavy atom. The van der Waals surface area contributed by atoms with Crippen LogP contribution in [-0.2, 0) is 22.4 Å². The number of carbonyl (C=O) groups excluding carboxylic acids is 1. The summed E-state index contributed by atoms with van der Waals surface area (Å²) in [6, 6.07) is 6.44. The Balaban J connectivity index is 1.19. The Morgan fingerprint density at radius 1 is 1.09 bits per heavy atom. The molecule has 1 unspecified atom stereocenters. The Kier molecular flexibility index (Phi) is 5.60. The van der Waals surface area contributed by atoms with Gasteiger partial charge in [-0.1, -0.05) is 23.8 Å². The van der Waals surface area contributed by atoms with Crippen molar-refractivity contribution in [2.45, 2.75) is 37.8 Å². The molecule has 0 spiro atoms. The van der Waals surface area contributed by atoms with Gasteiger partial charge in [-0.3, -0.25) is 14.7 Å². The summed E-state index contributed by atoms with van der Waals surface area (Å²) >= 11 is 6.50. The molecule has 2 aromatic rings. The minimum absolute atomic E-state index is 0.0913. The van der Waals surface area contributed by atoms with Crippen LogP contribution in [0.5, 0.6) is 5.75 Å². The molecule has 2 fully saturated rings. The van der Waals surface area contributed by atoms with Crippen LogP contribution in [0.1, 0.15) is 29.7 Å². The van der Waals surface area contributed by atoms with Crippen LogP contribution < -0.4 is 4.74 Å². The largest absolute Gasteiger partial charge is 0.479 e. The van der Waals surface area contributed by atoms with Gasteiger partial charge in [0, 0.05) is 73.0 Å². The predicted octanol–water partition coefficient (Wildman–Crippen LogP) is 3.60. The summed E-state index contributed by atoms with van der Waals surface area (Å²) in [4.78, 5) is 22.4. The van der Waals surface area contributed by atoms with E-state index in [2.05, 4.69) is 22.0 Å². The zero-order chi connectivity index (χ0) is 22.4. The summed E-state index contributed by atoms with van der Waals surface area (Å²) in [6.07, 6.45) is 9.02. The molecule has 4 aliphatic rings. The molecule has 1 aromatic heterocycles. The number of nitrogens with zero attached hydrogens (tertiary/aromatic N) is 3. The van der Waals surface area contributed by atoms with E-state index in [9.17, 15) is 4.79 Å². The lowest BCUT2D eigenvalue weighted by atomic mass is 9.97. The first-order valence-electron chi connectivity index (χ1n) is 11.9. The van der Waals surface area contributed by atoms with Crippen molar-refractivity contribution in [1.82, 2.24) is 14.8 Å². The molecule has 1 aromatic carbocycles. The van der Waals surface area contributed by atoms with Gasteiger partial charge in [0.1, 0.15) is 5.75 Å². The van der Waals surface area contributed by atoms with E-state index in [1.54, 1.807) is 0 Å². The molecule has 33 heavy (non-hydrogen) atoms. The second kappa shape index (κ2) is 8.75. The van der Waals surface area contributed by atoms with Gasteiger partial charge in [-0.25, -0.2) is 0 Å². The van der Waals surface area contributed by atoms with E-state index in [0.29, 0.717) is 17.5 Å². The van der Waals surface area contributed by atoms with Gasteiger partial charge in [0.15, 0.2) is 6.10 Å². The first-order valence-corrected chi connectivity index (χ1v) is 12.3. The van der Waals surface area contributed by atoms with E-state index in [4.69, 9.17) is 21.1 Å². The van der Waals surface area contributed by atoms with Crippen molar-refractivity contribution in [3.8, 4) is 16.9 Å². The number of benzene rings is 1. The van der Waals surface area contributed by atoms with Crippen molar-refractivity contribution in [2.75, 3.05) is 39.4 Å². The molecule has 0 bridgehead atoms. The average molecular weight is 466 g/mol. The van der Waals surface area contributed by atoms with Gasteiger partial charge >= 0.3 is 0 Å². The summed E-state index contributed by atoms with van der Waals surface area (Å²) in [5.74, 6) is 0.878. The molecule has 4 heterocycles. The number of allylic oxidation sites excluding steroid dienone is 1. The van der Waals surface area contributed by atoms with Crippen molar-refractivity contribution in [3.63, 3.8) is 0 Å². The van der Waals surface area contributed by atoms with Gasteiger partial charge in [-0.05, 0) is 36.6 Å². The van der Waals surface area contributed by atoms with Crippen molar-refractivity contribution in [2.24, 2.45) is 0 Å². The first-order chi connectivity index (χ1) is 16.2. The van der Waals surface area contributed by atoms with Crippen molar-refractivity contribution in [1.29, 1.82) is 0 Å². The van der Waals surface area contributed by atoms with Crippen molar-refractivity contribution >= 4 is 23.6 Å². The third kappa shape index (κ3) is 3.94. The monoisotopic (exact) mass is 465 g/mol. The number of rotatable bonds is 3. The molecular formula is C26H28ClN3O3. The molecule has 6 nitrogen and oxygen atoms in total. The highest BCUT2D eigenvalue weighted by atomic mass is 35.5. The SMILES string of the molecule is O=C(C1Cc2cc(Cl)cc(-c3ccnc4c3C=CC4)c2O1)N1CCC(N2CCOCC2)CC1. The molecule has 3 aliphatic heterocycles. The molecule has 0 N–H and O–H groups in total. The molecule has 1 amide bonds. The van der Waals surface area contributed by atoms with Gasteiger partial charge in [-0.15, -0.1) is 0 Å². The maximum atomic E-state index is 13.4. The lowest BCUT2D eigenvalue weighted by molar-refractivity contribution is -0.139.